The highest BCUT2D eigenvalue weighted by molar-refractivity contribution is 5.83. The van der Waals surface area contributed by atoms with Crippen molar-refractivity contribution in [3.05, 3.63) is 0 Å². The highest BCUT2D eigenvalue weighted by atomic mass is 16.5. The van der Waals surface area contributed by atoms with Gasteiger partial charge in [-0.2, -0.15) is 0 Å². The first-order valence-corrected chi connectivity index (χ1v) is 6.67. The summed E-state index contributed by atoms with van der Waals surface area (Å²) < 4.78 is 5.26. The zero-order valence-electron chi connectivity index (χ0n) is 11.0. The van der Waals surface area contributed by atoms with E-state index in [0.717, 1.165) is 12.8 Å². The number of carbonyl (C=O) groups is 2. The molecule has 0 radical (unpaired) electrons. The van der Waals surface area contributed by atoms with Crippen LogP contribution in [0.2, 0.25) is 0 Å². The molecule has 0 spiro atoms. The molecule has 102 valence electrons. The number of hydrogen-bond acceptors (Lipinski definition) is 3. The molecule has 2 fully saturated rings. The number of ether oxygens (including phenoxy) is 1. The van der Waals surface area contributed by atoms with Crippen molar-refractivity contribution in [2.45, 2.75) is 32.7 Å². The van der Waals surface area contributed by atoms with Crippen LogP contribution in [0.15, 0.2) is 0 Å². The summed E-state index contributed by atoms with van der Waals surface area (Å²) in [7, 11) is 0. The van der Waals surface area contributed by atoms with Crippen molar-refractivity contribution in [2.75, 3.05) is 19.8 Å². The summed E-state index contributed by atoms with van der Waals surface area (Å²) in [6.07, 6.45) is 1.78. The van der Waals surface area contributed by atoms with Crippen LogP contribution < -0.4 is 0 Å². The lowest BCUT2D eigenvalue weighted by Crippen LogP contribution is -2.47. The number of nitrogens with zero attached hydrogens (tertiary/aromatic N) is 1. The maximum Gasteiger partial charge on any atom is 0.311 e. The minimum Gasteiger partial charge on any atom is -0.481 e. The Hall–Kier alpha value is -1.10. The summed E-state index contributed by atoms with van der Waals surface area (Å²) in [4.78, 5) is 25.3. The van der Waals surface area contributed by atoms with E-state index in [4.69, 9.17) is 4.74 Å². The third-order valence-corrected chi connectivity index (χ3v) is 3.94. The van der Waals surface area contributed by atoms with Gasteiger partial charge in [-0.15, -0.1) is 0 Å². The first-order chi connectivity index (χ1) is 8.56. The minimum absolute atomic E-state index is 0.103. The van der Waals surface area contributed by atoms with Crippen molar-refractivity contribution in [3.8, 4) is 0 Å². The molecule has 1 saturated carbocycles. The van der Waals surface area contributed by atoms with E-state index in [0.29, 0.717) is 19.1 Å². The monoisotopic (exact) mass is 255 g/mol. The van der Waals surface area contributed by atoms with Gasteiger partial charge in [0.25, 0.3) is 0 Å². The highest BCUT2D eigenvalue weighted by Gasteiger charge is 2.46. The van der Waals surface area contributed by atoms with Gasteiger partial charge in [0, 0.05) is 12.5 Å². The molecule has 1 aliphatic carbocycles. The molecule has 1 N–H and O–H groups in total. The van der Waals surface area contributed by atoms with E-state index in [-0.39, 0.29) is 24.5 Å². The van der Waals surface area contributed by atoms with Gasteiger partial charge in [-0.05, 0) is 18.8 Å². The first-order valence-electron chi connectivity index (χ1n) is 6.67. The molecule has 4 atom stereocenters. The molecular formula is C13H21NO4. The molecule has 0 aromatic heterocycles. The molecule has 1 aliphatic heterocycles. The normalized spacial score (nSPS) is 34.3. The summed E-state index contributed by atoms with van der Waals surface area (Å²) in [6, 6.07) is -0.289. The van der Waals surface area contributed by atoms with Gasteiger partial charge in [0.2, 0.25) is 5.91 Å². The van der Waals surface area contributed by atoms with Crippen molar-refractivity contribution in [1.29, 1.82) is 0 Å². The third kappa shape index (κ3) is 2.51. The van der Waals surface area contributed by atoms with E-state index >= 15 is 0 Å². The Kier molecular flexibility index (Phi) is 3.90. The lowest BCUT2D eigenvalue weighted by Gasteiger charge is -2.30. The lowest BCUT2D eigenvalue weighted by molar-refractivity contribution is -0.145. The molecule has 0 bridgehead atoms. The van der Waals surface area contributed by atoms with E-state index in [9.17, 15) is 14.7 Å². The van der Waals surface area contributed by atoms with Crippen LogP contribution in [0.25, 0.3) is 0 Å². The molecule has 5 nitrogen and oxygen atoms in total. The molecule has 2 aliphatic rings. The van der Waals surface area contributed by atoms with Gasteiger partial charge < -0.3 is 14.7 Å². The van der Waals surface area contributed by atoms with Crippen LogP contribution in [-0.4, -0.2) is 47.7 Å². The topological polar surface area (TPSA) is 66.8 Å². The van der Waals surface area contributed by atoms with Crippen LogP contribution in [0.1, 0.15) is 26.7 Å². The molecule has 0 aromatic rings. The predicted octanol–water partition coefficient (Wildman–Crippen LogP) is 0.981. The van der Waals surface area contributed by atoms with Crippen LogP contribution in [0.5, 0.6) is 0 Å². The number of aliphatic carboxylic acids is 1. The maximum atomic E-state index is 12.3. The molecule has 5 heteroatoms. The zero-order valence-corrected chi connectivity index (χ0v) is 11.0. The fourth-order valence-electron chi connectivity index (χ4n) is 2.65. The van der Waals surface area contributed by atoms with Gasteiger partial charge in [0.15, 0.2) is 0 Å². The van der Waals surface area contributed by atoms with Crippen molar-refractivity contribution < 1.29 is 19.4 Å². The Morgan fingerprint density at radius 2 is 2.00 bits per heavy atom. The Bertz CT molecular complexity index is 344. The average molecular weight is 255 g/mol. The number of hydrogen-bond donors (Lipinski definition) is 1. The molecule has 18 heavy (non-hydrogen) atoms. The van der Waals surface area contributed by atoms with Crippen LogP contribution in [0.4, 0.5) is 0 Å². The Balaban J connectivity index is 2.08. The molecular weight excluding hydrogens is 234 g/mol. The predicted molar refractivity (Wildman–Crippen MR) is 65.0 cm³/mol. The smallest absolute Gasteiger partial charge is 0.311 e. The quantitative estimate of drug-likeness (QED) is 0.795. The van der Waals surface area contributed by atoms with Crippen LogP contribution >= 0.6 is 0 Å². The maximum absolute atomic E-state index is 12.3. The Morgan fingerprint density at radius 3 is 2.50 bits per heavy atom. The first kappa shape index (κ1) is 13.3. The van der Waals surface area contributed by atoms with Crippen LogP contribution in [0, 0.1) is 17.8 Å². The molecule has 0 aromatic carbocycles. The zero-order chi connectivity index (χ0) is 13.3. The minimum atomic E-state index is -0.866. The van der Waals surface area contributed by atoms with Crippen molar-refractivity contribution in [3.63, 3.8) is 0 Å². The summed E-state index contributed by atoms with van der Waals surface area (Å²) >= 11 is 0. The number of rotatable bonds is 5. The molecule has 2 rings (SSSR count). The second kappa shape index (κ2) is 5.26. The largest absolute Gasteiger partial charge is 0.481 e. The number of amides is 1. The molecule has 1 saturated heterocycles. The summed E-state index contributed by atoms with van der Waals surface area (Å²) in [5.41, 5.74) is 0. The summed E-state index contributed by atoms with van der Waals surface area (Å²) in [6.45, 7) is 5.26. The van der Waals surface area contributed by atoms with Gasteiger partial charge in [0.1, 0.15) is 5.92 Å². The fraction of sp³-hybridized carbons (Fsp3) is 0.846. The fourth-order valence-corrected chi connectivity index (χ4v) is 2.65. The number of carboxylic acid groups (broad SMARTS) is 1. The standard InChI is InChI=1S/C13H21NO4/c1-3-4-14(12(15)9-5-8(9)2)11-7-18-6-10(11)13(16)17/h8-11H,3-7H2,1-2H3,(H,16,17). The van der Waals surface area contributed by atoms with Gasteiger partial charge >= 0.3 is 5.97 Å². The third-order valence-electron chi connectivity index (χ3n) is 3.94. The van der Waals surface area contributed by atoms with Gasteiger partial charge in [-0.25, -0.2) is 0 Å². The Labute approximate surface area is 107 Å². The van der Waals surface area contributed by atoms with Crippen LogP contribution in [-0.2, 0) is 14.3 Å². The highest BCUT2D eigenvalue weighted by Crippen LogP contribution is 2.40. The van der Waals surface area contributed by atoms with E-state index < -0.39 is 11.9 Å². The van der Waals surface area contributed by atoms with E-state index in [1.165, 1.54) is 0 Å². The summed E-state index contributed by atoms with van der Waals surface area (Å²) in [5, 5.41) is 9.17. The van der Waals surface area contributed by atoms with Gasteiger partial charge in [-0.1, -0.05) is 13.8 Å². The second-order valence-electron chi connectivity index (χ2n) is 5.40. The number of carbonyl (C=O) groups excluding carboxylic acids is 1. The molecule has 1 amide bonds. The van der Waals surface area contributed by atoms with Crippen molar-refractivity contribution in [2.24, 2.45) is 17.8 Å². The second-order valence-corrected chi connectivity index (χ2v) is 5.40. The van der Waals surface area contributed by atoms with Crippen molar-refractivity contribution in [1.82, 2.24) is 4.90 Å². The SMILES string of the molecule is CCCN(C(=O)C1CC1C)C1COCC1C(=O)O. The van der Waals surface area contributed by atoms with E-state index in [2.05, 4.69) is 6.92 Å². The lowest BCUT2D eigenvalue weighted by atomic mass is 10.0. The molecule has 1 heterocycles. The van der Waals surface area contributed by atoms with E-state index in [1.807, 2.05) is 6.92 Å². The summed E-state index contributed by atoms with van der Waals surface area (Å²) in [5.74, 6) is -0.773. The van der Waals surface area contributed by atoms with Gasteiger partial charge in [-0.3, -0.25) is 9.59 Å². The van der Waals surface area contributed by atoms with E-state index in [1.54, 1.807) is 4.90 Å². The molecule has 4 unspecified atom stereocenters. The number of carboxylic acids is 1. The van der Waals surface area contributed by atoms with Crippen LogP contribution in [0.3, 0.4) is 0 Å². The van der Waals surface area contributed by atoms with Crippen molar-refractivity contribution >= 4 is 11.9 Å². The van der Waals surface area contributed by atoms with Gasteiger partial charge in [0.05, 0.1) is 19.3 Å². The average Bonchev–Trinajstić information content (AvgIpc) is 2.88. The Morgan fingerprint density at radius 1 is 1.33 bits per heavy atom.